The summed E-state index contributed by atoms with van der Waals surface area (Å²) in [6, 6.07) is 0.466. The molecule has 1 atom stereocenters. The first-order chi connectivity index (χ1) is 9.59. The molecule has 5 heteroatoms. The molecule has 1 N–H and O–H groups in total. The van der Waals surface area contributed by atoms with Crippen molar-refractivity contribution in [2.45, 2.75) is 46.1 Å². The van der Waals surface area contributed by atoms with Crippen LogP contribution in [-0.4, -0.2) is 16.5 Å². The van der Waals surface area contributed by atoms with Crippen molar-refractivity contribution in [3.05, 3.63) is 22.3 Å². The van der Waals surface area contributed by atoms with E-state index in [2.05, 4.69) is 31.1 Å². The van der Waals surface area contributed by atoms with Gasteiger partial charge < -0.3 is 5.32 Å². The minimum Gasteiger partial charge on any atom is -0.309 e. The Morgan fingerprint density at radius 1 is 1.45 bits per heavy atom. The molecular formula is C15H21N3S2. The number of nitrogens with one attached hydrogen (secondary N) is 1. The number of nitrogens with zero attached hydrogens (tertiary/aromatic N) is 2. The van der Waals surface area contributed by atoms with Gasteiger partial charge in [-0.15, -0.1) is 22.7 Å². The Hall–Kier alpha value is -0.780. The zero-order valence-electron chi connectivity index (χ0n) is 12.3. The summed E-state index contributed by atoms with van der Waals surface area (Å²) < 4.78 is 0. The molecule has 0 bridgehead atoms. The van der Waals surface area contributed by atoms with Crippen molar-refractivity contribution in [2.24, 2.45) is 5.41 Å². The van der Waals surface area contributed by atoms with Crippen LogP contribution in [0.2, 0.25) is 0 Å². The van der Waals surface area contributed by atoms with E-state index in [0.29, 0.717) is 11.5 Å². The fourth-order valence-corrected chi connectivity index (χ4v) is 4.68. The normalized spacial score (nSPS) is 20.9. The first-order valence-electron chi connectivity index (χ1n) is 7.21. The molecule has 3 nitrogen and oxygen atoms in total. The summed E-state index contributed by atoms with van der Waals surface area (Å²) in [6.07, 6.45) is 5.38. The molecule has 0 aromatic carbocycles. The van der Waals surface area contributed by atoms with Gasteiger partial charge in [-0.3, -0.25) is 4.98 Å². The number of rotatable bonds is 4. The fraction of sp³-hybridized carbons (Fsp3) is 0.600. The summed E-state index contributed by atoms with van der Waals surface area (Å²) in [4.78, 5) is 11.7. The summed E-state index contributed by atoms with van der Waals surface area (Å²) in [6.45, 7) is 8.00. The van der Waals surface area contributed by atoms with Crippen LogP contribution in [0.25, 0.3) is 9.88 Å². The Morgan fingerprint density at radius 3 is 3.00 bits per heavy atom. The second-order valence-electron chi connectivity index (χ2n) is 6.25. The van der Waals surface area contributed by atoms with E-state index in [1.807, 2.05) is 23.0 Å². The van der Waals surface area contributed by atoms with Crippen molar-refractivity contribution in [1.29, 1.82) is 0 Å². The number of aromatic nitrogens is 2. The first kappa shape index (κ1) is 14.2. The SMILES string of the molecule is CCCNC1CC(C)(C)Cc2nc(-c3cncs3)sc21. The molecule has 0 aliphatic heterocycles. The summed E-state index contributed by atoms with van der Waals surface area (Å²) in [5.74, 6) is 0. The molecule has 0 amide bonds. The van der Waals surface area contributed by atoms with Gasteiger partial charge in [-0.25, -0.2) is 4.98 Å². The van der Waals surface area contributed by atoms with Gasteiger partial charge in [0.05, 0.1) is 16.1 Å². The molecule has 0 radical (unpaired) electrons. The average molecular weight is 307 g/mol. The van der Waals surface area contributed by atoms with E-state index >= 15 is 0 Å². The summed E-state index contributed by atoms with van der Waals surface area (Å²) in [7, 11) is 0. The molecule has 3 rings (SSSR count). The quantitative estimate of drug-likeness (QED) is 0.916. The van der Waals surface area contributed by atoms with Gasteiger partial charge in [0.15, 0.2) is 0 Å². The number of fused-ring (bicyclic) bond motifs is 1. The van der Waals surface area contributed by atoms with Gasteiger partial charge in [-0.05, 0) is 31.2 Å². The minimum absolute atomic E-state index is 0.331. The number of thiazole rings is 2. The second-order valence-corrected chi connectivity index (χ2v) is 8.16. The van der Waals surface area contributed by atoms with Crippen LogP contribution in [0.4, 0.5) is 0 Å². The fourth-order valence-electron chi connectivity index (χ4n) is 2.84. The van der Waals surface area contributed by atoms with E-state index in [0.717, 1.165) is 18.0 Å². The molecule has 0 fully saturated rings. The molecule has 0 spiro atoms. The van der Waals surface area contributed by atoms with Gasteiger partial charge in [0, 0.05) is 17.1 Å². The maximum Gasteiger partial charge on any atom is 0.135 e. The molecule has 2 heterocycles. The smallest absolute Gasteiger partial charge is 0.135 e. The maximum atomic E-state index is 4.90. The molecule has 20 heavy (non-hydrogen) atoms. The third kappa shape index (κ3) is 2.80. The van der Waals surface area contributed by atoms with Gasteiger partial charge in [0.2, 0.25) is 0 Å². The van der Waals surface area contributed by atoms with Gasteiger partial charge in [0.25, 0.3) is 0 Å². The molecule has 0 saturated carbocycles. The van der Waals surface area contributed by atoms with E-state index in [1.54, 1.807) is 11.3 Å². The lowest BCUT2D eigenvalue weighted by Gasteiger charge is -2.34. The van der Waals surface area contributed by atoms with Crippen LogP contribution in [-0.2, 0) is 6.42 Å². The van der Waals surface area contributed by atoms with Crippen LogP contribution in [0, 0.1) is 5.41 Å². The van der Waals surface area contributed by atoms with Crippen LogP contribution in [0.3, 0.4) is 0 Å². The highest BCUT2D eigenvalue weighted by Gasteiger charge is 2.34. The molecule has 0 saturated heterocycles. The van der Waals surface area contributed by atoms with Crippen molar-refractivity contribution < 1.29 is 0 Å². The third-order valence-electron chi connectivity index (χ3n) is 3.73. The Morgan fingerprint density at radius 2 is 2.30 bits per heavy atom. The van der Waals surface area contributed by atoms with Crippen molar-refractivity contribution in [1.82, 2.24) is 15.3 Å². The lowest BCUT2D eigenvalue weighted by atomic mass is 9.76. The first-order valence-corrected chi connectivity index (χ1v) is 8.90. The van der Waals surface area contributed by atoms with E-state index in [9.17, 15) is 0 Å². The molecule has 1 aliphatic carbocycles. The maximum absolute atomic E-state index is 4.90. The van der Waals surface area contributed by atoms with Gasteiger partial charge in [-0.1, -0.05) is 20.8 Å². The van der Waals surface area contributed by atoms with Crippen molar-refractivity contribution >= 4 is 22.7 Å². The number of hydrogen-bond acceptors (Lipinski definition) is 5. The van der Waals surface area contributed by atoms with E-state index in [4.69, 9.17) is 4.98 Å². The Labute approximate surface area is 128 Å². The van der Waals surface area contributed by atoms with Crippen LogP contribution in [0.15, 0.2) is 11.7 Å². The summed E-state index contributed by atoms with van der Waals surface area (Å²) in [5.41, 5.74) is 3.51. The van der Waals surface area contributed by atoms with E-state index in [-0.39, 0.29) is 0 Å². The molecule has 1 aliphatic rings. The van der Waals surface area contributed by atoms with Gasteiger partial charge >= 0.3 is 0 Å². The number of hydrogen-bond donors (Lipinski definition) is 1. The largest absolute Gasteiger partial charge is 0.309 e. The van der Waals surface area contributed by atoms with Crippen molar-refractivity contribution in [3.63, 3.8) is 0 Å². The molecule has 108 valence electrons. The van der Waals surface area contributed by atoms with E-state index < -0.39 is 0 Å². The topological polar surface area (TPSA) is 37.8 Å². The standard InChI is InChI=1S/C15H21N3S2/c1-4-5-17-10-6-15(2,3)7-11-13(10)20-14(18-11)12-8-16-9-19-12/h8-10,17H,4-7H2,1-3H3. The predicted octanol–water partition coefficient (Wildman–Crippen LogP) is 4.28. The Kier molecular flexibility index (Phi) is 3.93. The molecule has 2 aromatic heterocycles. The minimum atomic E-state index is 0.331. The highest BCUT2D eigenvalue weighted by molar-refractivity contribution is 7.20. The van der Waals surface area contributed by atoms with Crippen molar-refractivity contribution in [2.75, 3.05) is 6.54 Å². The Bertz CT molecular complexity index is 572. The lowest BCUT2D eigenvalue weighted by molar-refractivity contribution is 0.258. The van der Waals surface area contributed by atoms with Gasteiger partial charge in [0.1, 0.15) is 5.01 Å². The predicted molar refractivity (Wildman–Crippen MR) is 86.4 cm³/mol. The zero-order chi connectivity index (χ0) is 14.2. The van der Waals surface area contributed by atoms with Crippen molar-refractivity contribution in [3.8, 4) is 9.88 Å². The third-order valence-corrected chi connectivity index (χ3v) is 5.88. The second kappa shape index (κ2) is 5.54. The monoisotopic (exact) mass is 307 g/mol. The lowest BCUT2D eigenvalue weighted by Crippen LogP contribution is -2.33. The van der Waals surface area contributed by atoms with Crippen LogP contribution in [0.5, 0.6) is 0 Å². The highest BCUT2D eigenvalue weighted by atomic mass is 32.1. The summed E-state index contributed by atoms with van der Waals surface area (Å²) in [5, 5.41) is 4.84. The van der Waals surface area contributed by atoms with Crippen LogP contribution in [0.1, 0.15) is 50.2 Å². The van der Waals surface area contributed by atoms with Gasteiger partial charge in [-0.2, -0.15) is 0 Å². The Balaban J connectivity index is 1.94. The molecule has 1 unspecified atom stereocenters. The molecule has 2 aromatic rings. The van der Waals surface area contributed by atoms with Crippen LogP contribution >= 0.6 is 22.7 Å². The zero-order valence-corrected chi connectivity index (χ0v) is 13.9. The average Bonchev–Trinajstić information content (AvgIpc) is 3.02. The highest BCUT2D eigenvalue weighted by Crippen LogP contribution is 2.45. The van der Waals surface area contributed by atoms with E-state index in [1.165, 1.54) is 28.3 Å². The van der Waals surface area contributed by atoms with Crippen LogP contribution < -0.4 is 5.32 Å². The molecular weight excluding hydrogens is 286 g/mol. The summed E-state index contributed by atoms with van der Waals surface area (Å²) >= 11 is 3.52.